The van der Waals surface area contributed by atoms with Crippen molar-refractivity contribution in [3.63, 3.8) is 0 Å². The van der Waals surface area contributed by atoms with Crippen LogP contribution in [0.4, 0.5) is 0 Å². The normalized spacial score (nSPS) is 29.1. The number of carbonyl (C=O) groups excluding carboxylic acids is 1. The Labute approximate surface area is 149 Å². The average molecular weight is 351 g/mol. The Kier molecular flexibility index (Phi) is 5.67. The number of fused-ring (bicyclic) bond motifs is 2. The van der Waals surface area contributed by atoms with Crippen molar-refractivity contribution in [1.82, 2.24) is 5.32 Å². The molecule has 132 valence electrons. The van der Waals surface area contributed by atoms with Crippen molar-refractivity contribution in [3.8, 4) is 5.75 Å². The van der Waals surface area contributed by atoms with E-state index in [-0.39, 0.29) is 11.8 Å². The number of hydrogen-bond acceptors (Lipinski definition) is 3. The van der Waals surface area contributed by atoms with Gasteiger partial charge >= 0.3 is 0 Å². The molecule has 0 spiro atoms. The molecule has 4 nitrogen and oxygen atoms in total. The molecule has 3 N–H and O–H groups in total. The molecular weight excluding hydrogens is 324 g/mol. The number of hydrogen-bond donors (Lipinski definition) is 2. The van der Waals surface area contributed by atoms with Crippen LogP contribution in [0.1, 0.15) is 44.6 Å². The van der Waals surface area contributed by atoms with E-state index in [9.17, 15) is 4.79 Å². The van der Waals surface area contributed by atoms with Crippen LogP contribution in [0.2, 0.25) is 5.02 Å². The van der Waals surface area contributed by atoms with Crippen LogP contribution in [-0.4, -0.2) is 18.6 Å². The summed E-state index contributed by atoms with van der Waals surface area (Å²) < 4.78 is 5.62. The SMILES string of the molecule is CCOc1cc(Cl)ccc1CNC(=O)C1CC2CCCC(C1)C2N. The monoisotopic (exact) mass is 350 g/mol. The number of benzene rings is 1. The minimum absolute atomic E-state index is 0.0999. The number of nitrogens with one attached hydrogen (secondary N) is 1. The number of nitrogens with two attached hydrogens (primary N) is 1. The molecule has 2 fully saturated rings. The fourth-order valence-corrected chi connectivity index (χ4v) is 4.46. The van der Waals surface area contributed by atoms with E-state index in [1.54, 1.807) is 6.07 Å². The highest BCUT2D eigenvalue weighted by Gasteiger charge is 2.40. The van der Waals surface area contributed by atoms with Crippen molar-refractivity contribution in [3.05, 3.63) is 28.8 Å². The summed E-state index contributed by atoms with van der Waals surface area (Å²) >= 11 is 6.03. The second kappa shape index (κ2) is 7.75. The van der Waals surface area contributed by atoms with Crippen molar-refractivity contribution < 1.29 is 9.53 Å². The predicted octanol–water partition coefficient (Wildman–Crippen LogP) is 3.51. The number of amides is 1. The van der Waals surface area contributed by atoms with Crippen LogP contribution < -0.4 is 15.8 Å². The van der Waals surface area contributed by atoms with Gasteiger partial charge in [-0.3, -0.25) is 4.79 Å². The molecule has 2 aliphatic rings. The third kappa shape index (κ3) is 3.86. The molecule has 0 aliphatic heterocycles. The summed E-state index contributed by atoms with van der Waals surface area (Å²) in [5, 5.41) is 3.73. The number of halogens is 1. The summed E-state index contributed by atoms with van der Waals surface area (Å²) in [5.74, 6) is 2.03. The van der Waals surface area contributed by atoms with Gasteiger partial charge in [-0.1, -0.05) is 24.1 Å². The number of ether oxygens (including phenoxy) is 1. The molecule has 2 saturated carbocycles. The molecule has 1 amide bonds. The fraction of sp³-hybridized carbons (Fsp3) is 0.632. The van der Waals surface area contributed by atoms with Crippen LogP contribution in [0.5, 0.6) is 5.75 Å². The first-order valence-corrected chi connectivity index (χ1v) is 9.40. The van der Waals surface area contributed by atoms with Crippen molar-refractivity contribution >= 4 is 17.5 Å². The van der Waals surface area contributed by atoms with Gasteiger partial charge in [-0.05, 0) is 56.6 Å². The van der Waals surface area contributed by atoms with Crippen LogP contribution in [-0.2, 0) is 11.3 Å². The summed E-state index contributed by atoms with van der Waals surface area (Å²) in [5.41, 5.74) is 7.28. The summed E-state index contributed by atoms with van der Waals surface area (Å²) in [4.78, 5) is 12.6. The first kappa shape index (κ1) is 17.6. The Morgan fingerprint density at radius 1 is 1.33 bits per heavy atom. The lowest BCUT2D eigenvalue weighted by molar-refractivity contribution is -0.128. The van der Waals surface area contributed by atoms with Gasteiger partial charge in [-0.2, -0.15) is 0 Å². The summed E-state index contributed by atoms with van der Waals surface area (Å²) in [6.07, 6.45) is 5.48. The molecule has 0 saturated heterocycles. The molecule has 2 aliphatic carbocycles. The fourth-order valence-electron chi connectivity index (χ4n) is 4.29. The van der Waals surface area contributed by atoms with E-state index in [4.69, 9.17) is 22.1 Å². The average Bonchev–Trinajstić information content (AvgIpc) is 2.54. The van der Waals surface area contributed by atoms with Gasteiger partial charge in [0, 0.05) is 29.1 Å². The van der Waals surface area contributed by atoms with Crippen molar-refractivity contribution in [2.75, 3.05) is 6.61 Å². The number of rotatable bonds is 5. The number of carbonyl (C=O) groups is 1. The van der Waals surface area contributed by atoms with Gasteiger partial charge in [-0.25, -0.2) is 0 Å². The Hall–Kier alpha value is -1.26. The summed E-state index contributed by atoms with van der Waals surface area (Å²) in [6.45, 7) is 2.99. The van der Waals surface area contributed by atoms with E-state index in [1.807, 2.05) is 19.1 Å². The van der Waals surface area contributed by atoms with Gasteiger partial charge in [0.2, 0.25) is 5.91 Å². The van der Waals surface area contributed by atoms with Gasteiger partial charge in [0.25, 0.3) is 0 Å². The highest BCUT2D eigenvalue weighted by molar-refractivity contribution is 6.30. The van der Waals surface area contributed by atoms with Gasteiger partial charge < -0.3 is 15.8 Å². The van der Waals surface area contributed by atoms with Crippen molar-refractivity contribution in [2.24, 2.45) is 23.5 Å². The molecule has 1 aromatic rings. The lowest BCUT2D eigenvalue weighted by Gasteiger charge is -2.43. The van der Waals surface area contributed by atoms with Crippen molar-refractivity contribution in [2.45, 2.75) is 51.6 Å². The molecule has 0 heterocycles. The molecule has 0 aromatic heterocycles. The lowest BCUT2D eigenvalue weighted by Crippen LogP contribution is -2.49. The van der Waals surface area contributed by atoms with Gasteiger partial charge in [0.05, 0.1) is 6.61 Å². The molecule has 3 rings (SSSR count). The zero-order chi connectivity index (χ0) is 17.1. The third-order valence-corrected chi connectivity index (χ3v) is 5.80. The van der Waals surface area contributed by atoms with Gasteiger partial charge in [0.15, 0.2) is 0 Å². The Balaban J connectivity index is 1.60. The summed E-state index contributed by atoms with van der Waals surface area (Å²) in [6, 6.07) is 5.84. The van der Waals surface area contributed by atoms with Gasteiger partial charge in [0.1, 0.15) is 5.75 Å². The van der Waals surface area contributed by atoms with Crippen LogP contribution in [0.25, 0.3) is 0 Å². The topological polar surface area (TPSA) is 64.3 Å². The molecule has 24 heavy (non-hydrogen) atoms. The maximum Gasteiger partial charge on any atom is 0.223 e. The minimum atomic E-state index is 0.0999. The van der Waals surface area contributed by atoms with Crippen LogP contribution in [0.3, 0.4) is 0 Å². The highest BCUT2D eigenvalue weighted by atomic mass is 35.5. The maximum absolute atomic E-state index is 12.6. The van der Waals surface area contributed by atoms with Crippen LogP contribution in [0, 0.1) is 17.8 Å². The first-order chi connectivity index (χ1) is 11.6. The molecular formula is C19H27ClN2O2. The zero-order valence-corrected chi connectivity index (χ0v) is 15.0. The van der Waals surface area contributed by atoms with E-state index >= 15 is 0 Å². The molecule has 5 heteroatoms. The predicted molar refractivity (Wildman–Crippen MR) is 96.0 cm³/mol. The van der Waals surface area contributed by atoms with Gasteiger partial charge in [-0.15, -0.1) is 0 Å². The minimum Gasteiger partial charge on any atom is -0.493 e. The smallest absolute Gasteiger partial charge is 0.223 e. The molecule has 0 radical (unpaired) electrons. The molecule has 1 aromatic carbocycles. The van der Waals surface area contributed by atoms with E-state index < -0.39 is 0 Å². The Morgan fingerprint density at radius 2 is 2.04 bits per heavy atom. The van der Waals surface area contributed by atoms with E-state index in [0.717, 1.165) is 24.2 Å². The summed E-state index contributed by atoms with van der Waals surface area (Å²) in [7, 11) is 0. The highest BCUT2D eigenvalue weighted by Crippen LogP contribution is 2.41. The lowest BCUT2D eigenvalue weighted by atomic mass is 9.65. The van der Waals surface area contributed by atoms with E-state index in [1.165, 1.54) is 19.3 Å². The Bertz CT molecular complexity index is 579. The van der Waals surface area contributed by atoms with E-state index in [2.05, 4.69) is 5.32 Å². The quantitative estimate of drug-likeness (QED) is 0.854. The molecule has 2 bridgehead atoms. The zero-order valence-electron chi connectivity index (χ0n) is 14.3. The van der Waals surface area contributed by atoms with Crippen LogP contribution in [0.15, 0.2) is 18.2 Å². The second-order valence-corrected chi connectivity index (χ2v) is 7.54. The molecule has 2 unspecified atom stereocenters. The maximum atomic E-state index is 12.6. The largest absolute Gasteiger partial charge is 0.493 e. The first-order valence-electron chi connectivity index (χ1n) is 9.03. The second-order valence-electron chi connectivity index (χ2n) is 7.10. The van der Waals surface area contributed by atoms with Crippen LogP contribution >= 0.6 is 11.6 Å². The van der Waals surface area contributed by atoms with Crippen molar-refractivity contribution in [1.29, 1.82) is 0 Å². The molecule has 2 atom stereocenters. The Morgan fingerprint density at radius 3 is 2.71 bits per heavy atom. The third-order valence-electron chi connectivity index (χ3n) is 5.57. The standard InChI is InChI=1S/C19H27ClN2O2/c1-2-24-17-10-16(20)7-6-14(17)11-22-19(23)15-8-12-4-3-5-13(9-15)18(12)21/h6-7,10,12-13,15,18H,2-5,8-9,11,21H2,1H3,(H,22,23). The van der Waals surface area contributed by atoms with E-state index in [0.29, 0.717) is 36.1 Å².